The van der Waals surface area contributed by atoms with Gasteiger partial charge in [0.15, 0.2) is 0 Å². The van der Waals surface area contributed by atoms with Gasteiger partial charge in [-0.15, -0.1) is 5.10 Å². The van der Waals surface area contributed by atoms with Crippen LogP contribution in [0.25, 0.3) is 5.69 Å². The van der Waals surface area contributed by atoms with E-state index in [-0.39, 0.29) is 49.2 Å². The van der Waals surface area contributed by atoms with Crippen LogP contribution in [0, 0.1) is 0 Å². The van der Waals surface area contributed by atoms with Gasteiger partial charge in [0.1, 0.15) is 6.04 Å². The molecule has 1 aromatic heterocycles. The van der Waals surface area contributed by atoms with Crippen LogP contribution in [-0.2, 0) is 38.5 Å². The third-order valence-corrected chi connectivity index (χ3v) is 8.20. The number of para-hydroxylation sites is 1. The standard InChI is InChI=1S/C30H35N7O4/c38-28-14-20-6-4-5-7-21(20)17-31-29(39)26(15-23-19-37(35-34-23)25-8-2-1-3-9-25)33-30(40)27-16-22(32-28)18-36(27)24-10-12-41-13-11-24/h1-9,19,22,24,26-27H,10-18H2,(H,31,39)(H,32,38)(H,33,40)/t22-,26-,27+/m1/s1. The molecule has 41 heavy (non-hydrogen) atoms. The quantitative estimate of drug-likeness (QED) is 0.435. The molecule has 2 fully saturated rings. The lowest BCUT2D eigenvalue weighted by Gasteiger charge is -2.35. The SMILES string of the molecule is O=C1Cc2ccccc2CNC(=O)[C@@H](Cc2cn(-c3ccccc3)nn2)NC(=O)[C@@H]2C[C@H](CN2C2CCOCC2)N1. The fourth-order valence-electron chi connectivity index (χ4n) is 6.09. The molecule has 6 rings (SSSR count). The molecule has 0 radical (unpaired) electrons. The van der Waals surface area contributed by atoms with E-state index in [4.69, 9.17) is 4.74 Å². The maximum atomic E-state index is 13.8. The third kappa shape index (κ3) is 6.31. The van der Waals surface area contributed by atoms with E-state index in [1.54, 1.807) is 10.9 Å². The van der Waals surface area contributed by atoms with E-state index in [0.29, 0.717) is 31.9 Å². The molecule has 0 saturated carbocycles. The van der Waals surface area contributed by atoms with Crippen LogP contribution in [0.4, 0.5) is 0 Å². The van der Waals surface area contributed by atoms with Crippen molar-refractivity contribution in [2.24, 2.45) is 0 Å². The molecule has 3 atom stereocenters. The van der Waals surface area contributed by atoms with Gasteiger partial charge < -0.3 is 20.7 Å². The highest BCUT2D eigenvalue weighted by Gasteiger charge is 2.42. The van der Waals surface area contributed by atoms with Gasteiger partial charge in [0.25, 0.3) is 0 Å². The van der Waals surface area contributed by atoms with Crippen LogP contribution >= 0.6 is 0 Å². The fourth-order valence-corrected chi connectivity index (χ4v) is 6.09. The van der Waals surface area contributed by atoms with Gasteiger partial charge in [-0.2, -0.15) is 0 Å². The van der Waals surface area contributed by atoms with Gasteiger partial charge >= 0.3 is 0 Å². The first kappa shape index (κ1) is 27.1. The zero-order chi connectivity index (χ0) is 28.2. The van der Waals surface area contributed by atoms with Crippen molar-refractivity contribution in [1.82, 2.24) is 35.8 Å². The van der Waals surface area contributed by atoms with Crippen LogP contribution in [0.3, 0.4) is 0 Å². The summed E-state index contributed by atoms with van der Waals surface area (Å²) in [6.07, 6.45) is 4.31. The number of amides is 3. The molecule has 0 spiro atoms. The number of ether oxygens (including phenoxy) is 1. The van der Waals surface area contributed by atoms with Crippen molar-refractivity contribution in [2.75, 3.05) is 19.8 Å². The Hall–Kier alpha value is -4.09. The van der Waals surface area contributed by atoms with Crippen molar-refractivity contribution in [2.45, 2.75) is 62.8 Å². The zero-order valence-electron chi connectivity index (χ0n) is 22.9. The van der Waals surface area contributed by atoms with E-state index in [9.17, 15) is 14.4 Å². The minimum Gasteiger partial charge on any atom is -0.381 e. The molecule has 0 aliphatic carbocycles. The number of rotatable bonds is 4. The molecular weight excluding hydrogens is 522 g/mol. The van der Waals surface area contributed by atoms with Crippen molar-refractivity contribution in [3.63, 3.8) is 0 Å². The average Bonchev–Trinajstić information content (AvgIpc) is 3.64. The van der Waals surface area contributed by atoms with E-state index >= 15 is 0 Å². The number of hydrogen-bond donors (Lipinski definition) is 3. The second kappa shape index (κ2) is 12.2. The van der Waals surface area contributed by atoms with Gasteiger partial charge in [-0.3, -0.25) is 19.3 Å². The third-order valence-electron chi connectivity index (χ3n) is 8.20. The second-order valence-corrected chi connectivity index (χ2v) is 11.0. The Morgan fingerprint density at radius 2 is 1.66 bits per heavy atom. The monoisotopic (exact) mass is 557 g/mol. The van der Waals surface area contributed by atoms with Crippen molar-refractivity contribution in [3.05, 3.63) is 77.6 Å². The topological polar surface area (TPSA) is 130 Å². The number of carbonyl (C=O) groups excluding carboxylic acids is 3. The van der Waals surface area contributed by atoms with Crippen LogP contribution in [0.2, 0.25) is 0 Å². The Balaban J connectivity index is 1.28. The fraction of sp³-hybridized carbons (Fsp3) is 0.433. The van der Waals surface area contributed by atoms with E-state index < -0.39 is 12.1 Å². The van der Waals surface area contributed by atoms with Crippen LogP contribution in [0.5, 0.6) is 0 Å². The summed E-state index contributed by atoms with van der Waals surface area (Å²) in [7, 11) is 0. The van der Waals surface area contributed by atoms with Crippen molar-refractivity contribution < 1.29 is 19.1 Å². The first-order chi connectivity index (χ1) is 20.0. The van der Waals surface area contributed by atoms with Gasteiger partial charge in [-0.25, -0.2) is 4.68 Å². The van der Waals surface area contributed by atoms with E-state index in [0.717, 1.165) is 29.7 Å². The lowest BCUT2D eigenvalue weighted by atomic mass is 10.0. The van der Waals surface area contributed by atoms with Crippen LogP contribution in [0.1, 0.15) is 36.1 Å². The van der Waals surface area contributed by atoms with Crippen LogP contribution in [-0.4, -0.2) is 81.5 Å². The zero-order valence-corrected chi connectivity index (χ0v) is 22.9. The molecule has 3 aliphatic heterocycles. The molecule has 11 heteroatoms. The Bertz CT molecular complexity index is 1390. The van der Waals surface area contributed by atoms with E-state index in [1.807, 2.05) is 54.6 Å². The number of carbonyl (C=O) groups is 3. The average molecular weight is 558 g/mol. The molecule has 3 aliphatic rings. The van der Waals surface area contributed by atoms with E-state index in [2.05, 4.69) is 31.2 Å². The molecule has 2 saturated heterocycles. The van der Waals surface area contributed by atoms with Gasteiger partial charge in [0.05, 0.1) is 30.0 Å². The van der Waals surface area contributed by atoms with Gasteiger partial charge in [-0.05, 0) is 42.5 Å². The number of benzene rings is 2. The Morgan fingerprint density at radius 3 is 2.46 bits per heavy atom. The molecule has 3 aromatic rings. The predicted octanol–water partition coefficient (Wildman–Crippen LogP) is 0.905. The maximum absolute atomic E-state index is 13.8. The number of aromatic nitrogens is 3. The molecule has 0 unspecified atom stereocenters. The maximum Gasteiger partial charge on any atom is 0.243 e. The highest BCUT2D eigenvalue weighted by Crippen LogP contribution is 2.26. The molecule has 2 aromatic carbocycles. The smallest absolute Gasteiger partial charge is 0.243 e. The summed E-state index contributed by atoms with van der Waals surface area (Å²) in [5.74, 6) is -0.615. The second-order valence-electron chi connectivity index (χ2n) is 11.0. The number of fused-ring (bicyclic) bond motifs is 3. The van der Waals surface area contributed by atoms with Crippen LogP contribution < -0.4 is 16.0 Å². The normalized spacial score (nSPS) is 24.6. The number of nitrogens with zero attached hydrogens (tertiary/aromatic N) is 4. The summed E-state index contributed by atoms with van der Waals surface area (Å²) < 4.78 is 7.22. The Labute approximate surface area is 238 Å². The highest BCUT2D eigenvalue weighted by atomic mass is 16.5. The highest BCUT2D eigenvalue weighted by molar-refractivity contribution is 5.90. The first-order valence-corrected chi connectivity index (χ1v) is 14.3. The summed E-state index contributed by atoms with van der Waals surface area (Å²) in [4.78, 5) is 42.6. The molecule has 3 N–H and O–H groups in total. The molecule has 2 bridgehead atoms. The Morgan fingerprint density at radius 1 is 0.902 bits per heavy atom. The van der Waals surface area contributed by atoms with Crippen molar-refractivity contribution in [1.29, 1.82) is 0 Å². The molecule has 214 valence electrons. The number of nitrogens with one attached hydrogen (secondary N) is 3. The van der Waals surface area contributed by atoms with Crippen LogP contribution in [0.15, 0.2) is 60.8 Å². The minimum atomic E-state index is -0.844. The van der Waals surface area contributed by atoms with Gasteiger partial charge in [0.2, 0.25) is 17.7 Å². The molecule has 3 amide bonds. The minimum absolute atomic E-state index is 0.0850. The van der Waals surface area contributed by atoms with Crippen molar-refractivity contribution >= 4 is 17.7 Å². The molecular formula is C30H35N7O4. The Kier molecular flexibility index (Phi) is 8.06. The molecule has 4 heterocycles. The number of likely N-dealkylation sites (tertiary alicyclic amines) is 1. The predicted molar refractivity (Wildman–Crippen MR) is 150 cm³/mol. The van der Waals surface area contributed by atoms with Gasteiger partial charge in [-0.1, -0.05) is 47.7 Å². The van der Waals surface area contributed by atoms with E-state index in [1.165, 1.54) is 0 Å². The summed E-state index contributed by atoms with van der Waals surface area (Å²) in [6.45, 7) is 2.11. The number of hydrogen-bond acceptors (Lipinski definition) is 7. The lowest BCUT2D eigenvalue weighted by molar-refractivity contribution is -0.132. The van der Waals surface area contributed by atoms with Crippen molar-refractivity contribution in [3.8, 4) is 5.69 Å². The molecule has 11 nitrogen and oxygen atoms in total. The summed E-state index contributed by atoms with van der Waals surface area (Å²) >= 11 is 0. The summed E-state index contributed by atoms with van der Waals surface area (Å²) in [5.41, 5.74) is 3.17. The van der Waals surface area contributed by atoms with Gasteiger partial charge in [0, 0.05) is 44.8 Å². The summed E-state index contributed by atoms with van der Waals surface area (Å²) in [5, 5.41) is 17.7. The first-order valence-electron chi connectivity index (χ1n) is 14.3. The lowest BCUT2D eigenvalue weighted by Crippen LogP contribution is -2.55. The largest absolute Gasteiger partial charge is 0.381 e. The summed E-state index contributed by atoms with van der Waals surface area (Å²) in [6, 6.07) is 15.9.